The Labute approximate surface area is 157 Å². The van der Waals surface area contributed by atoms with Crippen molar-refractivity contribution in [3.63, 3.8) is 0 Å². The standard InChI is InChI=1S/C21H21N2S2/c1-5-10-23-17-11-14(2)15(3)12-19(17)25-21(23)13-20-22(4)16-8-6-7-9-18(16)24-20/h5-9,11-13H,1,10H2,2-4H3/q+1. The maximum Gasteiger partial charge on any atom is 0.265 e. The van der Waals surface area contributed by atoms with Crippen molar-refractivity contribution in [1.82, 2.24) is 0 Å². The molecule has 0 fully saturated rings. The maximum atomic E-state index is 3.95. The van der Waals surface area contributed by atoms with Crippen molar-refractivity contribution >= 4 is 45.1 Å². The molecule has 0 unspecified atom stereocenters. The van der Waals surface area contributed by atoms with E-state index >= 15 is 0 Å². The van der Waals surface area contributed by atoms with Crippen LogP contribution in [0.3, 0.4) is 0 Å². The summed E-state index contributed by atoms with van der Waals surface area (Å²) in [6, 6.07) is 13.2. The van der Waals surface area contributed by atoms with Crippen molar-refractivity contribution in [2.45, 2.75) is 18.7 Å². The van der Waals surface area contributed by atoms with Gasteiger partial charge in [0.15, 0.2) is 0 Å². The summed E-state index contributed by atoms with van der Waals surface area (Å²) in [6.45, 7) is 9.14. The fourth-order valence-corrected chi connectivity index (χ4v) is 5.48. The Bertz CT molecular complexity index is 1010. The molecule has 4 heteroatoms. The van der Waals surface area contributed by atoms with Crippen molar-refractivity contribution in [1.29, 1.82) is 0 Å². The molecule has 3 aromatic rings. The molecule has 0 saturated heterocycles. The quantitative estimate of drug-likeness (QED) is 0.451. The summed E-state index contributed by atoms with van der Waals surface area (Å²) in [6.07, 6.45) is 4.28. The number of anilines is 1. The van der Waals surface area contributed by atoms with E-state index < -0.39 is 0 Å². The van der Waals surface area contributed by atoms with Gasteiger partial charge >= 0.3 is 0 Å². The SMILES string of the molecule is C=CCN1/C(=C/c2sc3ccccc3[n+]2C)Sc2cc(C)c(C)cc21. The van der Waals surface area contributed by atoms with Crippen LogP contribution in [0.5, 0.6) is 0 Å². The summed E-state index contributed by atoms with van der Waals surface area (Å²) in [7, 11) is 2.14. The highest BCUT2D eigenvalue weighted by Gasteiger charge is 2.27. The number of thioether (sulfide) groups is 1. The predicted octanol–water partition coefficient (Wildman–Crippen LogP) is 5.44. The first-order chi connectivity index (χ1) is 12.1. The summed E-state index contributed by atoms with van der Waals surface area (Å²) in [5.74, 6) is 0. The number of para-hydroxylation sites is 1. The number of nitrogens with zero attached hydrogens (tertiary/aromatic N) is 2. The first-order valence-electron chi connectivity index (χ1n) is 8.35. The summed E-state index contributed by atoms with van der Waals surface area (Å²) < 4.78 is 3.60. The fourth-order valence-electron chi connectivity index (χ4n) is 3.13. The van der Waals surface area contributed by atoms with E-state index in [2.05, 4.69) is 79.4 Å². The van der Waals surface area contributed by atoms with Crippen LogP contribution in [0.15, 0.2) is 59.0 Å². The third-order valence-electron chi connectivity index (χ3n) is 4.68. The smallest absolute Gasteiger partial charge is 0.265 e. The van der Waals surface area contributed by atoms with Crippen LogP contribution < -0.4 is 9.47 Å². The molecule has 2 aromatic carbocycles. The van der Waals surface area contributed by atoms with Gasteiger partial charge in [0.25, 0.3) is 5.01 Å². The molecule has 0 N–H and O–H groups in total. The van der Waals surface area contributed by atoms with Gasteiger partial charge in [-0.2, -0.15) is 4.57 Å². The van der Waals surface area contributed by atoms with Gasteiger partial charge < -0.3 is 4.90 Å². The number of thiazole rings is 1. The van der Waals surface area contributed by atoms with Crippen LogP contribution in [0.25, 0.3) is 16.3 Å². The Kier molecular flexibility index (Phi) is 4.18. The van der Waals surface area contributed by atoms with Crippen LogP contribution in [0.1, 0.15) is 16.1 Å². The molecule has 0 saturated carbocycles. The topological polar surface area (TPSA) is 7.12 Å². The molecular weight excluding hydrogens is 344 g/mol. The molecule has 0 aliphatic carbocycles. The monoisotopic (exact) mass is 365 g/mol. The first kappa shape index (κ1) is 16.4. The van der Waals surface area contributed by atoms with E-state index in [9.17, 15) is 0 Å². The lowest BCUT2D eigenvalue weighted by Crippen LogP contribution is -2.29. The number of aromatic nitrogens is 1. The molecule has 1 aliphatic heterocycles. The van der Waals surface area contributed by atoms with Crippen molar-refractivity contribution in [2.75, 3.05) is 11.4 Å². The molecule has 4 rings (SSSR count). The Morgan fingerprint density at radius 2 is 1.92 bits per heavy atom. The molecule has 2 nitrogen and oxygen atoms in total. The average molecular weight is 366 g/mol. The normalized spacial score (nSPS) is 15.2. The molecule has 0 spiro atoms. The van der Waals surface area contributed by atoms with Gasteiger partial charge in [-0.15, -0.1) is 6.58 Å². The Balaban J connectivity index is 1.82. The van der Waals surface area contributed by atoms with Gasteiger partial charge in [-0.05, 0) is 43.2 Å². The largest absolute Gasteiger partial charge is 0.331 e. The number of hydrogen-bond donors (Lipinski definition) is 0. The van der Waals surface area contributed by atoms with E-state index in [1.807, 2.05) is 29.2 Å². The second kappa shape index (κ2) is 6.36. The van der Waals surface area contributed by atoms with E-state index in [1.165, 1.54) is 42.0 Å². The van der Waals surface area contributed by atoms with Crippen LogP contribution in [0.4, 0.5) is 5.69 Å². The Morgan fingerprint density at radius 1 is 1.16 bits per heavy atom. The van der Waals surface area contributed by atoms with Crippen LogP contribution in [0.2, 0.25) is 0 Å². The summed E-state index contributed by atoms with van der Waals surface area (Å²) in [5, 5.41) is 2.53. The minimum absolute atomic E-state index is 0.822. The lowest BCUT2D eigenvalue weighted by Gasteiger charge is -2.18. The molecule has 1 aliphatic rings. The average Bonchev–Trinajstić information content (AvgIpc) is 3.08. The van der Waals surface area contributed by atoms with Crippen molar-refractivity contribution in [2.24, 2.45) is 7.05 Å². The van der Waals surface area contributed by atoms with Crippen LogP contribution in [0, 0.1) is 13.8 Å². The van der Waals surface area contributed by atoms with Crippen LogP contribution in [-0.4, -0.2) is 6.54 Å². The molecule has 0 atom stereocenters. The van der Waals surface area contributed by atoms with Crippen LogP contribution in [-0.2, 0) is 7.05 Å². The van der Waals surface area contributed by atoms with Crippen molar-refractivity contribution in [3.8, 4) is 0 Å². The van der Waals surface area contributed by atoms with E-state index in [4.69, 9.17) is 0 Å². The van der Waals surface area contributed by atoms with Gasteiger partial charge in [0, 0.05) is 17.5 Å². The Morgan fingerprint density at radius 3 is 2.68 bits per heavy atom. The number of hydrogen-bond acceptors (Lipinski definition) is 3. The van der Waals surface area contributed by atoms with Gasteiger partial charge in [-0.25, -0.2) is 0 Å². The number of fused-ring (bicyclic) bond motifs is 2. The third kappa shape index (κ3) is 2.79. The minimum atomic E-state index is 0.822. The van der Waals surface area contributed by atoms with Gasteiger partial charge in [0.1, 0.15) is 11.7 Å². The fraction of sp³-hybridized carbons (Fsp3) is 0.190. The van der Waals surface area contributed by atoms with Gasteiger partial charge in [-0.1, -0.05) is 41.3 Å². The van der Waals surface area contributed by atoms with Gasteiger partial charge in [0.05, 0.1) is 16.8 Å². The highest BCUT2D eigenvalue weighted by Crippen LogP contribution is 2.47. The number of rotatable bonds is 3. The maximum absolute atomic E-state index is 3.95. The summed E-state index contributed by atoms with van der Waals surface area (Å²) in [4.78, 5) is 3.70. The lowest BCUT2D eigenvalue weighted by molar-refractivity contribution is -0.642. The van der Waals surface area contributed by atoms with Gasteiger partial charge in [-0.3, -0.25) is 0 Å². The highest BCUT2D eigenvalue weighted by atomic mass is 32.2. The van der Waals surface area contributed by atoms with E-state index in [0.29, 0.717) is 0 Å². The number of aryl methyl sites for hydroxylation is 3. The molecule has 0 radical (unpaired) electrons. The van der Waals surface area contributed by atoms with Crippen molar-refractivity contribution < 1.29 is 4.57 Å². The second-order valence-electron chi connectivity index (χ2n) is 6.36. The highest BCUT2D eigenvalue weighted by molar-refractivity contribution is 8.03. The molecule has 0 amide bonds. The number of benzene rings is 2. The zero-order valence-electron chi connectivity index (χ0n) is 14.7. The molecule has 25 heavy (non-hydrogen) atoms. The lowest BCUT2D eigenvalue weighted by atomic mass is 10.1. The van der Waals surface area contributed by atoms with E-state index in [-0.39, 0.29) is 0 Å². The Hall–Kier alpha value is -2.04. The summed E-state index contributed by atoms with van der Waals surface area (Å²) >= 11 is 3.69. The molecule has 0 bridgehead atoms. The van der Waals surface area contributed by atoms with E-state index in [0.717, 1.165) is 6.54 Å². The molecule has 2 heterocycles. The van der Waals surface area contributed by atoms with Gasteiger partial charge in [0.2, 0.25) is 5.52 Å². The third-order valence-corrected chi connectivity index (χ3v) is 6.94. The summed E-state index contributed by atoms with van der Waals surface area (Å²) in [5.41, 5.74) is 5.25. The van der Waals surface area contributed by atoms with Crippen LogP contribution >= 0.6 is 23.1 Å². The zero-order chi connectivity index (χ0) is 17.6. The second-order valence-corrected chi connectivity index (χ2v) is 8.48. The minimum Gasteiger partial charge on any atom is -0.331 e. The predicted molar refractivity (Wildman–Crippen MR) is 110 cm³/mol. The van der Waals surface area contributed by atoms with Crippen molar-refractivity contribution in [3.05, 3.63) is 70.2 Å². The first-order valence-corrected chi connectivity index (χ1v) is 9.98. The molecule has 126 valence electrons. The van der Waals surface area contributed by atoms with E-state index in [1.54, 1.807) is 0 Å². The molecular formula is C21H21N2S2+. The zero-order valence-corrected chi connectivity index (χ0v) is 16.4. The molecule has 1 aromatic heterocycles.